The predicted molar refractivity (Wildman–Crippen MR) is 295 cm³/mol. The Kier molecular flexibility index (Phi) is 27.2. The number of hydrogen-bond donors (Lipinski definition) is 0. The van der Waals surface area contributed by atoms with Gasteiger partial charge in [-0.2, -0.15) is 0 Å². The number of nitrogens with zero attached hydrogens (tertiary/aromatic N) is 6. The van der Waals surface area contributed by atoms with Gasteiger partial charge in [0.1, 0.15) is 0 Å². The number of likely N-dealkylation sites (tertiary alicyclic amines) is 6. The zero-order chi connectivity index (χ0) is 50.3. The molecule has 0 amide bonds. The average Bonchev–Trinajstić information content (AvgIpc) is 3.35. The normalized spacial score (nSPS) is 37.8. The third-order valence-electron chi connectivity index (χ3n) is 19.9. The molecular formula is C60H114N6O6. The standard InChI is InChI=1S/6C10H19NO/c6*1-12-10-7-9(8-10)11-5-3-2-4-6-11/h6*9-10H,2-8H2,1H3. The van der Waals surface area contributed by atoms with E-state index in [1.54, 1.807) is 0 Å². The molecule has 6 heterocycles. The highest BCUT2D eigenvalue weighted by atomic mass is 16.5. The molecule has 12 nitrogen and oxygen atoms in total. The molecule has 0 N–H and O–H groups in total. The van der Waals surface area contributed by atoms with Gasteiger partial charge in [-0.05, 0) is 233 Å². The van der Waals surface area contributed by atoms with Gasteiger partial charge >= 0.3 is 0 Å². The summed E-state index contributed by atoms with van der Waals surface area (Å²) < 4.78 is 31.7. The monoisotopic (exact) mass is 1010 g/mol. The average molecular weight is 1020 g/mol. The maximum Gasteiger partial charge on any atom is 0.0601 e. The summed E-state index contributed by atoms with van der Waals surface area (Å²) in [5.41, 5.74) is 0. The van der Waals surface area contributed by atoms with Crippen molar-refractivity contribution in [1.82, 2.24) is 29.4 Å². The Hall–Kier alpha value is -0.480. The van der Waals surface area contributed by atoms with E-state index in [0.717, 1.165) is 36.3 Å². The zero-order valence-electron chi connectivity index (χ0n) is 47.8. The highest BCUT2D eigenvalue weighted by Crippen LogP contribution is 2.34. The lowest BCUT2D eigenvalue weighted by Gasteiger charge is -2.43. The van der Waals surface area contributed by atoms with E-state index >= 15 is 0 Å². The second kappa shape index (κ2) is 33.1. The first-order valence-corrected chi connectivity index (χ1v) is 31.0. The molecular weight excluding hydrogens is 901 g/mol. The number of methoxy groups -OCH3 is 6. The van der Waals surface area contributed by atoms with Crippen molar-refractivity contribution in [3.05, 3.63) is 0 Å². The van der Waals surface area contributed by atoms with Gasteiger partial charge in [-0.1, -0.05) is 38.5 Å². The van der Waals surface area contributed by atoms with Crippen molar-refractivity contribution in [3.63, 3.8) is 0 Å². The van der Waals surface area contributed by atoms with Crippen LogP contribution >= 0.6 is 0 Å². The molecule has 6 saturated heterocycles. The van der Waals surface area contributed by atoms with E-state index in [-0.39, 0.29) is 0 Å². The first-order valence-electron chi connectivity index (χ1n) is 31.0. The predicted octanol–water partition coefficient (Wildman–Crippen LogP) is 9.90. The van der Waals surface area contributed by atoms with Crippen LogP contribution in [-0.2, 0) is 28.4 Å². The number of ether oxygens (including phenoxy) is 6. The highest BCUT2D eigenvalue weighted by Gasteiger charge is 2.38. The quantitative estimate of drug-likeness (QED) is 0.187. The molecule has 0 atom stereocenters. The zero-order valence-corrected chi connectivity index (χ0v) is 47.8. The molecule has 6 aliphatic carbocycles. The summed E-state index contributed by atoms with van der Waals surface area (Å²) in [4.78, 5) is 15.9. The fourth-order valence-electron chi connectivity index (χ4n) is 13.9. The molecule has 0 aromatic heterocycles. The van der Waals surface area contributed by atoms with Crippen LogP contribution in [0.5, 0.6) is 0 Å². The first-order chi connectivity index (χ1) is 35.4. The molecule has 0 radical (unpaired) electrons. The molecule has 0 aromatic carbocycles. The second-order valence-electron chi connectivity index (χ2n) is 24.5. The van der Waals surface area contributed by atoms with E-state index in [4.69, 9.17) is 28.4 Å². The van der Waals surface area contributed by atoms with Gasteiger partial charge in [-0.25, -0.2) is 0 Å². The lowest BCUT2D eigenvalue weighted by molar-refractivity contribution is -0.0322. The van der Waals surface area contributed by atoms with Crippen LogP contribution in [0, 0.1) is 0 Å². The van der Waals surface area contributed by atoms with Crippen molar-refractivity contribution < 1.29 is 28.4 Å². The third kappa shape index (κ3) is 18.9. The number of hydrogen-bond acceptors (Lipinski definition) is 12. The number of piperidine rings is 6. The Bertz CT molecular complexity index is 1080. The summed E-state index contributed by atoms with van der Waals surface area (Å²) in [5, 5.41) is 0. The van der Waals surface area contributed by atoms with Crippen LogP contribution < -0.4 is 0 Å². The van der Waals surface area contributed by atoms with Crippen molar-refractivity contribution >= 4 is 0 Å². The molecule has 12 rings (SSSR count). The van der Waals surface area contributed by atoms with Gasteiger partial charge in [0.2, 0.25) is 0 Å². The minimum atomic E-state index is 0.567. The molecule has 72 heavy (non-hydrogen) atoms. The summed E-state index contributed by atoms with van der Waals surface area (Å²) in [7, 11) is 11.0. The van der Waals surface area contributed by atoms with E-state index in [9.17, 15) is 0 Å². The molecule has 12 heteroatoms. The Morgan fingerprint density at radius 1 is 0.181 bits per heavy atom. The van der Waals surface area contributed by atoms with Crippen LogP contribution in [0.15, 0.2) is 0 Å². The van der Waals surface area contributed by atoms with Gasteiger partial charge in [-0.3, -0.25) is 0 Å². The smallest absolute Gasteiger partial charge is 0.0601 e. The van der Waals surface area contributed by atoms with E-state index in [1.165, 1.54) is 271 Å². The molecule has 0 spiro atoms. The van der Waals surface area contributed by atoms with E-state index < -0.39 is 0 Å². The number of rotatable bonds is 12. The molecule has 0 aromatic rings. The van der Waals surface area contributed by atoms with Gasteiger partial charge < -0.3 is 57.8 Å². The van der Waals surface area contributed by atoms with Crippen LogP contribution in [0.4, 0.5) is 0 Å². The summed E-state index contributed by atoms with van der Waals surface area (Å²) in [6, 6.07) is 5.14. The Morgan fingerprint density at radius 3 is 0.389 bits per heavy atom. The largest absolute Gasteiger partial charge is 0.381 e. The maximum absolute atomic E-state index is 5.28. The Labute approximate surface area is 442 Å². The highest BCUT2D eigenvalue weighted by molar-refractivity contribution is 4.93. The molecule has 6 aliphatic heterocycles. The van der Waals surface area contributed by atoms with Gasteiger partial charge in [0.15, 0.2) is 0 Å². The molecule has 6 saturated carbocycles. The fraction of sp³-hybridized carbons (Fsp3) is 1.00. The maximum atomic E-state index is 5.28. The topological polar surface area (TPSA) is 74.8 Å². The van der Waals surface area contributed by atoms with E-state index in [0.29, 0.717) is 36.6 Å². The van der Waals surface area contributed by atoms with Crippen molar-refractivity contribution in [2.24, 2.45) is 0 Å². The van der Waals surface area contributed by atoms with Crippen LogP contribution in [0.2, 0.25) is 0 Å². The Morgan fingerprint density at radius 2 is 0.292 bits per heavy atom. The molecule has 12 fully saturated rings. The van der Waals surface area contributed by atoms with E-state index in [2.05, 4.69) is 29.4 Å². The van der Waals surface area contributed by atoms with Crippen molar-refractivity contribution in [3.8, 4) is 0 Å². The summed E-state index contributed by atoms with van der Waals surface area (Å²) >= 11 is 0. The van der Waals surface area contributed by atoms with Gasteiger partial charge in [0.05, 0.1) is 36.6 Å². The SMILES string of the molecule is COC1CC(N2CCCCC2)C1.COC1CC(N2CCCCC2)C1.COC1CC(N2CCCCC2)C1.COC1CC(N2CCCCC2)C1.COC1CC(N2CCCCC2)C1.COC1CC(N2CCCCC2)C1. The molecule has 420 valence electrons. The van der Waals surface area contributed by atoms with Crippen LogP contribution in [0.1, 0.15) is 193 Å². The summed E-state index contributed by atoms with van der Waals surface area (Å²) in [6.45, 7) is 16.0. The van der Waals surface area contributed by atoms with Crippen LogP contribution in [0.3, 0.4) is 0 Å². The fourth-order valence-corrected chi connectivity index (χ4v) is 13.9. The second-order valence-corrected chi connectivity index (χ2v) is 24.5. The first kappa shape index (κ1) is 59.2. The van der Waals surface area contributed by atoms with Crippen molar-refractivity contribution in [1.29, 1.82) is 0 Å². The summed E-state index contributed by atoms with van der Waals surface area (Å²) in [6.07, 6.45) is 44.3. The molecule has 12 aliphatic rings. The minimum absolute atomic E-state index is 0.567. The van der Waals surface area contributed by atoms with Crippen molar-refractivity contribution in [2.45, 2.75) is 265 Å². The van der Waals surface area contributed by atoms with E-state index in [1.807, 2.05) is 42.7 Å². The van der Waals surface area contributed by atoms with Crippen molar-refractivity contribution in [2.75, 3.05) is 121 Å². The minimum Gasteiger partial charge on any atom is -0.381 e. The lowest BCUT2D eigenvalue weighted by atomic mass is 9.87. The summed E-state index contributed by atoms with van der Waals surface area (Å²) in [5.74, 6) is 0. The van der Waals surface area contributed by atoms with Gasteiger partial charge in [0, 0.05) is 78.9 Å². The third-order valence-corrected chi connectivity index (χ3v) is 19.9. The van der Waals surface area contributed by atoms with Crippen LogP contribution in [0.25, 0.3) is 0 Å². The van der Waals surface area contributed by atoms with Gasteiger partial charge in [-0.15, -0.1) is 0 Å². The van der Waals surface area contributed by atoms with Gasteiger partial charge in [0.25, 0.3) is 0 Å². The Balaban J connectivity index is 0.000000127. The van der Waals surface area contributed by atoms with Crippen LogP contribution in [-0.4, -0.2) is 223 Å². The molecule has 0 bridgehead atoms. The lowest BCUT2D eigenvalue weighted by Crippen LogP contribution is -2.49. The molecule has 0 unspecified atom stereocenters.